The van der Waals surface area contributed by atoms with Crippen LogP contribution in [0, 0.1) is 0 Å². The molecule has 0 spiro atoms. The van der Waals surface area contributed by atoms with Crippen LogP contribution in [0.1, 0.15) is 42.3 Å². The number of hydrogen-bond donors (Lipinski definition) is 1. The number of piperazine rings is 1. The predicted octanol–water partition coefficient (Wildman–Crippen LogP) is 3.61. The Morgan fingerprint density at radius 2 is 1.64 bits per heavy atom. The third-order valence-electron chi connectivity index (χ3n) is 6.25. The van der Waals surface area contributed by atoms with Crippen LogP contribution in [0.3, 0.4) is 0 Å². The van der Waals surface area contributed by atoms with Crippen molar-refractivity contribution in [1.82, 2.24) is 20.1 Å². The number of nitrogens with zero attached hydrogens (tertiary/aromatic N) is 3. The number of amides is 2. The summed E-state index contributed by atoms with van der Waals surface area (Å²) in [5, 5.41) is 3.92. The summed E-state index contributed by atoms with van der Waals surface area (Å²) in [6.45, 7) is 10.2. The number of aromatic nitrogens is 1. The molecule has 2 amide bonds. The molecule has 1 N–H and O–H groups in total. The van der Waals surface area contributed by atoms with Crippen LogP contribution in [0.15, 0.2) is 60.8 Å². The largest absolute Gasteiger partial charge is 0.343 e. The molecule has 1 aliphatic rings. The van der Waals surface area contributed by atoms with Crippen molar-refractivity contribution in [3.63, 3.8) is 0 Å². The molecule has 2 heterocycles. The maximum absolute atomic E-state index is 12.6. The van der Waals surface area contributed by atoms with Crippen LogP contribution < -0.4 is 5.32 Å². The summed E-state index contributed by atoms with van der Waals surface area (Å²) in [7, 11) is 0. The van der Waals surface area contributed by atoms with Gasteiger partial charge in [0.05, 0.1) is 12.1 Å². The summed E-state index contributed by atoms with van der Waals surface area (Å²) in [5.41, 5.74) is 4.03. The lowest BCUT2D eigenvalue weighted by molar-refractivity contribution is -0.131. The lowest BCUT2D eigenvalue weighted by atomic mass is 9.87. The van der Waals surface area contributed by atoms with Crippen LogP contribution in [-0.4, -0.2) is 59.3 Å². The molecular weight excluding hydrogens is 412 g/mol. The number of fused-ring (bicyclic) bond motifs is 1. The molecule has 3 aromatic rings. The van der Waals surface area contributed by atoms with E-state index in [9.17, 15) is 9.59 Å². The smallest absolute Gasteiger partial charge is 0.251 e. The summed E-state index contributed by atoms with van der Waals surface area (Å²) >= 11 is 0. The maximum atomic E-state index is 12.6. The standard InChI is InChI=1S/C27H32N4O2/c1-27(2,3)23-11-9-21(10-12-23)26(33)29-18-24(32)31-16-14-30(15-17-31)19-22-7-4-6-20-8-5-13-28-25(20)22/h4-13H,14-19H2,1-3H3,(H,29,33). The Morgan fingerprint density at radius 3 is 2.33 bits per heavy atom. The number of rotatable bonds is 5. The number of nitrogens with one attached hydrogen (secondary N) is 1. The van der Waals surface area contributed by atoms with Gasteiger partial charge < -0.3 is 10.2 Å². The Labute approximate surface area is 195 Å². The molecule has 0 saturated carbocycles. The molecule has 33 heavy (non-hydrogen) atoms. The van der Waals surface area contributed by atoms with Crippen LogP contribution in [-0.2, 0) is 16.8 Å². The van der Waals surface area contributed by atoms with Gasteiger partial charge in [-0.1, -0.05) is 57.2 Å². The minimum atomic E-state index is -0.217. The van der Waals surface area contributed by atoms with E-state index in [1.807, 2.05) is 41.4 Å². The van der Waals surface area contributed by atoms with Crippen LogP contribution >= 0.6 is 0 Å². The van der Waals surface area contributed by atoms with Crippen LogP contribution in [0.5, 0.6) is 0 Å². The molecule has 4 rings (SSSR count). The van der Waals surface area contributed by atoms with Gasteiger partial charge in [-0.05, 0) is 34.7 Å². The normalized spacial score (nSPS) is 14.9. The number of para-hydroxylation sites is 1. The van der Waals surface area contributed by atoms with E-state index in [1.165, 1.54) is 11.1 Å². The van der Waals surface area contributed by atoms with E-state index in [1.54, 1.807) is 0 Å². The van der Waals surface area contributed by atoms with Gasteiger partial charge in [0.1, 0.15) is 0 Å². The number of carbonyl (C=O) groups excluding carboxylic acids is 2. The molecule has 6 nitrogen and oxygen atoms in total. The van der Waals surface area contributed by atoms with Crippen molar-refractivity contribution >= 4 is 22.7 Å². The summed E-state index contributed by atoms with van der Waals surface area (Å²) in [6.07, 6.45) is 1.83. The van der Waals surface area contributed by atoms with E-state index in [0.717, 1.165) is 30.5 Å². The molecule has 0 atom stereocenters. The molecule has 6 heteroatoms. The van der Waals surface area contributed by atoms with Gasteiger partial charge in [0.2, 0.25) is 5.91 Å². The predicted molar refractivity (Wildman–Crippen MR) is 131 cm³/mol. The Hall–Kier alpha value is -3.25. The van der Waals surface area contributed by atoms with Crippen molar-refractivity contribution in [2.45, 2.75) is 32.7 Å². The fraction of sp³-hybridized carbons (Fsp3) is 0.370. The monoisotopic (exact) mass is 444 g/mol. The van der Waals surface area contributed by atoms with Gasteiger partial charge >= 0.3 is 0 Å². The summed E-state index contributed by atoms with van der Waals surface area (Å²) in [6, 6.07) is 17.9. The van der Waals surface area contributed by atoms with Gasteiger partial charge in [-0.25, -0.2) is 0 Å². The first-order valence-corrected chi connectivity index (χ1v) is 11.5. The van der Waals surface area contributed by atoms with Gasteiger partial charge in [0.15, 0.2) is 0 Å². The molecule has 0 bridgehead atoms. The second-order valence-corrected chi connectivity index (χ2v) is 9.66. The Bertz CT molecular complexity index is 1120. The van der Waals surface area contributed by atoms with E-state index in [4.69, 9.17) is 0 Å². The molecule has 2 aromatic carbocycles. The highest BCUT2D eigenvalue weighted by atomic mass is 16.2. The van der Waals surface area contributed by atoms with Gasteiger partial charge in [-0.3, -0.25) is 19.5 Å². The van der Waals surface area contributed by atoms with E-state index < -0.39 is 0 Å². The minimum Gasteiger partial charge on any atom is -0.343 e. The Morgan fingerprint density at radius 1 is 0.939 bits per heavy atom. The molecule has 1 fully saturated rings. The van der Waals surface area contributed by atoms with Crippen LogP contribution in [0.2, 0.25) is 0 Å². The Kier molecular flexibility index (Phi) is 6.75. The van der Waals surface area contributed by atoms with E-state index in [0.29, 0.717) is 18.7 Å². The molecule has 1 aromatic heterocycles. The average molecular weight is 445 g/mol. The van der Waals surface area contributed by atoms with Crippen molar-refractivity contribution in [3.8, 4) is 0 Å². The highest BCUT2D eigenvalue weighted by molar-refractivity contribution is 5.96. The van der Waals surface area contributed by atoms with Crippen LogP contribution in [0.4, 0.5) is 0 Å². The second-order valence-electron chi connectivity index (χ2n) is 9.66. The van der Waals surface area contributed by atoms with Gasteiger partial charge in [-0.2, -0.15) is 0 Å². The fourth-order valence-corrected chi connectivity index (χ4v) is 4.18. The second kappa shape index (κ2) is 9.71. The summed E-state index contributed by atoms with van der Waals surface area (Å²) in [5.74, 6) is -0.257. The molecular formula is C27H32N4O2. The molecule has 0 aliphatic carbocycles. The van der Waals surface area contributed by atoms with Crippen molar-refractivity contribution in [1.29, 1.82) is 0 Å². The zero-order valence-corrected chi connectivity index (χ0v) is 19.7. The van der Waals surface area contributed by atoms with E-state index in [-0.39, 0.29) is 23.8 Å². The lowest BCUT2D eigenvalue weighted by Gasteiger charge is -2.35. The fourth-order valence-electron chi connectivity index (χ4n) is 4.18. The first-order valence-electron chi connectivity index (χ1n) is 11.5. The lowest BCUT2D eigenvalue weighted by Crippen LogP contribution is -2.50. The molecule has 1 saturated heterocycles. The maximum Gasteiger partial charge on any atom is 0.251 e. The van der Waals surface area contributed by atoms with Crippen molar-refractivity contribution in [2.24, 2.45) is 0 Å². The van der Waals surface area contributed by atoms with Crippen molar-refractivity contribution < 1.29 is 9.59 Å². The first kappa shape index (κ1) is 22.9. The molecule has 0 unspecified atom stereocenters. The van der Waals surface area contributed by atoms with Gasteiger partial charge in [0.25, 0.3) is 5.91 Å². The molecule has 1 aliphatic heterocycles. The van der Waals surface area contributed by atoms with Crippen molar-refractivity contribution in [3.05, 3.63) is 77.5 Å². The Balaban J connectivity index is 1.26. The molecule has 172 valence electrons. The number of hydrogen-bond acceptors (Lipinski definition) is 4. The highest BCUT2D eigenvalue weighted by Crippen LogP contribution is 2.22. The number of benzene rings is 2. The minimum absolute atomic E-state index is 0.0209. The SMILES string of the molecule is CC(C)(C)c1ccc(C(=O)NCC(=O)N2CCN(Cc3cccc4cccnc34)CC2)cc1. The van der Waals surface area contributed by atoms with Gasteiger partial charge in [0, 0.05) is 49.9 Å². The molecule has 0 radical (unpaired) electrons. The zero-order chi connectivity index (χ0) is 23.4. The van der Waals surface area contributed by atoms with E-state index >= 15 is 0 Å². The number of pyridine rings is 1. The third kappa shape index (κ3) is 5.57. The number of carbonyl (C=O) groups is 2. The highest BCUT2D eigenvalue weighted by Gasteiger charge is 2.22. The average Bonchev–Trinajstić information content (AvgIpc) is 2.82. The first-order chi connectivity index (χ1) is 15.8. The quantitative estimate of drug-likeness (QED) is 0.653. The zero-order valence-electron chi connectivity index (χ0n) is 19.7. The van der Waals surface area contributed by atoms with Crippen molar-refractivity contribution in [2.75, 3.05) is 32.7 Å². The topological polar surface area (TPSA) is 65.5 Å². The van der Waals surface area contributed by atoms with Gasteiger partial charge in [-0.15, -0.1) is 0 Å². The summed E-state index contributed by atoms with van der Waals surface area (Å²) < 4.78 is 0. The third-order valence-corrected chi connectivity index (χ3v) is 6.25. The van der Waals surface area contributed by atoms with E-state index in [2.05, 4.69) is 60.2 Å². The summed E-state index contributed by atoms with van der Waals surface area (Å²) in [4.78, 5) is 33.8. The van der Waals surface area contributed by atoms with Crippen LogP contribution in [0.25, 0.3) is 10.9 Å².